The normalized spacial score (nSPS) is 11.2. The molecule has 0 aliphatic heterocycles. The molecule has 12 heavy (non-hydrogen) atoms. The van der Waals surface area contributed by atoms with E-state index in [1.165, 1.54) is 0 Å². The summed E-state index contributed by atoms with van der Waals surface area (Å²) >= 11 is 0. The Bertz CT molecular complexity index is 187. The number of para-hydroxylation sites is 1. The first kappa shape index (κ1) is 10.9. The van der Waals surface area contributed by atoms with Crippen molar-refractivity contribution in [1.29, 1.82) is 0 Å². The van der Waals surface area contributed by atoms with E-state index in [1.54, 1.807) is 38.3 Å². The Kier molecular flexibility index (Phi) is 6.05. The number of methoxy groups -OCH3 is 1. The number of hydrogen-bond acceptors (Lipinski definition) is 3. The van der Waals surface area contributed by atoms with Crippen molar-refractivity contribution in [3.63, 3.8) is 0 Å². The van der Waals surface area contributed by atoms with Gasteiger partial charge in [-0.15, -0.1) is 0 Å². The Morgan fingerprint density at radius 2 is 1.75 bits per heavy atom. The number of aromatic hydroxyl groups is 1. The van der Waals surface area contributed by atoms with Crippen LogP contribution in [0.25, 0.3) is 0 Å². The van der Waals surface area contributed by atoms with Crippen molar-refractivity contribution in [2.75, 3.05) is 7.11 Å². The first-order chi connectivity index (χ1) is 5.66. The molecule has 68 valence electrons. The van der Waals surface area contributed by atoms with E-state index in [0.29, 0.717) is 5.75 Å². The standard InChI is InChI=1S/C6H6O.C3H9NO/c7-6-4-2-1-3-5-6;1-3(4)5-2/h1-5,7H;3H,4H2,1-2H3. The van der Waals surface area contributed by atoms with Crippen molar-refractivity contribution in [2.24, 2.45) is 5.73 Å². The summed E-state index contributed by atoms with van der Waals surface area (Å²) in [5, 5.41) is 8.63. The van der Waals surface area contributed by atoms with Gasteiger partial charge in [0.1, 0.15) is 12.0 Å². The van der Waals surface area contributed by atoms with Crippen LogP contribution >= 0.6 is 0 Å². The number of benzene rings is 1. The molecule has 0 heterocycles. The molecule has 0 radical (unpaired) electrons. The van der Waals surface area contributed by atoms with E-state index in [0.717, 1.165) is 0 Å². The summed E-state index contributed by atoms with van der Waals surface area (Å²) in [6.45, 7) is 1.78. The van der Waals surface area contributed by atoms with Gasteiger partial charge in [-0.1, -0.05) is 18.2 Å². The van der Waals surface area contributed by atoms with E-state index in [9.17, 15) is 0 Å². The van der Waals surface area contributed by atoms with Crippen LogP contribution in [0.5, 0.6) is 5.75 Å². The first-order valence-corrected chi connectivity index (χ1v) is 3.69. The van der Waals surface area contributed by atoms with Crippen LogP contribution in [0.1, 0.15) is 6.92 Å². The highest BCUT2D eigenvalue weighted by Gasteiger charge is 1.78. The molecule has 0 aromatic heterocycles. The van der Waals surface area contributed by atoms with Crippen molar-refractivity contribution in [2.45, 2.75) is 13.2 Å². The van der Waals surface area contributed by atoms with Gasteiger partial charge in [0.15, 0.2) is 0 Å². The van der Waals surface area contributed by atoms with Crippen LogP contribution in [0.2, 0.25) is 0 Å². The van der Waals surface area contributed by atoms with Gasteiger partial charge < -0.3 is 15.6 Å². The molecule has 0 aliphatic rings. The predicted molar refractivity (Wildman–Crippen MR) is 48.8 cm³/mol. The summed E-state index contributed by atoms with van der Waals surface area (Å²) in [6.07, 6.45) is -0.116. The van der Waals surface area contributed by atoms with Gasteiger partial charge in [0.25, 0.3) is 0 Å². The second kappa shape index (κ2) is 6.64. The van der Waals surface area contributed by atoms with Crippen molar-refractivity contribution >= 4 is 0 Å². The lowest BCUT2D eigenvalue weighted by atomic mass is 10.3. The molecule has 0 saturated carbocycles. The summed E-state index contributed by atoms with van der Waals surface area (Å²) < 4.78 is 4.53. The van der Waals surface area contributed by atoms with Crippen LogP contribution < -0.4 is 5.73 Å². The Hall–Kier alpha value is -1.06. The highest BCUT2D eigenvalue weighted by molar-refractivity contribution is 5.18. The summed E-state index contributed by atoms with van der Waals surface area (Å²) in [5.41, 5.74) is 5.07. The monoisotopic (exact) mass is 169 g/mol. The third-order valence-electron chi connectivity index (χ3n) is 1.13. The van der Waals surface area contributed by atoms with Crippen LogP contribution in [-0.4, -0.2) is 18.4 Å². The molecule has 1 aromatic rings. The van der Waals surface area contributed by atoms with Crippen LogP contribution in [-0.2, 0) is 4.74 Å². The number of phenolic OH excluding ortho intramolecular Hbond substituents is 1. The quantitative estimate of drug-likeness (QED) is 0.623. The Labute approximate surface area is 72.8 Å². The van der Waals surface area contributed by atoms with E-state index < -0.39 is 0 Å². The molecule has 3 N–H and O–H groups in total. The average Bonchev–Trinajstić information content (AvgIpc) is 2.07. The number of hydrogen-bond donors (Lipinski definition) is 2. The minimum absolute atomic E-state index is 0.116. The number of nitrogens with two attached hydrogens (primary N) is 1. The molecule has 0 amide bonds. The number of ether oxygens (including phenoxy) is 1. The van der Waals surface area contributed by atoms with Crippen molar-refractivity contribution in [3.8, 4) is 5.75 Å². The predicted octanol–water partition coefficient (Wildman–Crippen LogP) is 1.33. The lowest BCUT2D eigenvalue weighted by Gasteiger charge is -1.95. The zero-order valence-corrected chi connectivity index (χ0v) is 7.40. The maximum Gasteiger partial charge on any atom is 0.115 e. The fraction of sp³-hybridized carbons (Fsp3) is 0.333. The minimum atomic E-state index is -0.116. The van der Waals surface area contributed by atoms with Crippen LogP contribution in [0.15, 0.2) is 30.3 Å². The summed E-state index contributed by atoms with van der Waals surface area (Å²) in [4.78, 5) is 0. The van der Waals surface area contributed by atoms with Gasteiger partial charge >= 0.3 is 0 Å². The van der Waals surface area contributed by atoms with Gasteiger partial charge in [0.05, 0.1) is 0 Å². The summed E-state index contributed by atoms with van der Waals surface area (Å²) in [5.74, 6) is 0.322. The maximum atomic E-state index is 8.63. The first-order valence-electron chi connectivity index (χ1n) is 3.69. The zero-order chi connectivity index (χ0) is 9.40. The van der Waals surface area contributed by atoms with Crippen LogP contribution in [0, 0.1) is 0 Å². The van der Waals surface area contributed by atoms with Gasteiger partial charge in [-0.05, 0) is 19.1 Å². The molecule has 1 atom stereocenters. The highest BCUT2D eigenvalue weighted by atomic mass is 16.5. The number of phenols is 1. The van der Waals surface area contributed by atoms with Gasteiger partial charge in [0, 0.05) is 7.11 Å². The van der Waals surface area contributed by atoms with E-state index in [4.69, 9.17) is 10.8 Å². The fourth-order valence-electron chi connectivity index (χ4n) is 0.428. The van der Waals surface area contributed by atoms with Gasteiger partial charge in [-0.3, -0.25) is 0 Å². The van der Waals surface area contributed by atoms with Gasteiger partial charge in [0.2, 0.25) is 0 Å². The Morgan fingerprint density at radius 1 is 1.33 bits per heavy atom. The molecule has 3 nitrogen and oxygen atoms in total. The largest absolute Gasteiger partial charge is 0.508 e. The van der Waals surface area contributed by atoms with Gasteiger partial charge in [-0.25, -0.2) is 0 Å². The molecule has 0 fully saturated rings. The van der Waals surface area contributed by atoms with Crippen molar-refractivity contribution < 1.29 is 9.84 Å². The molecule has 0 aliphatic carbocycles. The average molecular weight is 169 g/mol. The molecular formula is C9H15NO2. The Balaban J connectivity index is 0.000000217. The molecule has 0 spiro atoms. The second-order valence-electron chi connectivity index (χ2n) is 2.28. The third kappa shape index (κ3) is 7.05. The van der Waals surface area contributed by atoms with Gasteiger partial charge in [-0.2, -0.15) is 0 Å². The summed E-state index contributed by atoms with van der Waals surface area (Å²) in [6, 6.07) is 8.71. The topological polar surface area (TPSA) is 55.5 Å². The molecule has 0 bridgehead atoms. The molecule has 1 aromatic carbocycles. The van der Waals surface area contributed by atoms with Crippen molar-refractivity contribution in [1.82, 2.24) is 0 Å². The van der Waals surface area contributed by atoms with Crippen molar-refractivity contribution in [3.05, 3.63) is 30.3 Å². The van der Waals surface area contributed by atoms with Crippen LogP contribution in [0.4, 0.5) is 0 Å². The summed E-state index contributed by atoms with van der Waals surface area (Å²) in [7, 11) is 1.57. The molecule has 1 unspecified atom stereocenters. The molecule has 0 saturated heterocycles. The minimum Gasteiger partial charge on any atom is -0.508 e. The van der Waals surface area contributed by atoms with E-state index in [-0.39, 0.29) is 6.23 Å². The lowest BCUT2D eigenvalue weighted by Crippen LogP contribution is -2.15. The second-order valence-corrected chi connectivity index (χ2v) is 2.28. The Morgan fingerprint density at radius 3 is 1.92 bits per heavy atom. The van der Waals surface area contributed by atoms with E-state index >= 15 is 0 Å². The lowest BCUT2D eigenvalue weighted by molar-refractivity contribution is 0.124. The number of rotatable bonds is 1. The smallest absolute Gasteiger partial charge is 0.115 e. The highest BCUT2D eigenvalue weighted by Crippen LogP contribution is 2.02. The fourth-order valence-corrected chi connectivity index (χ4v) is 0.428. The molecule has 3 heteroatoms. The SMILES string of the molecule is COC(C)N.Oc1ccccc1. The molecular weight excluding hydrogens is 154 g/mol. The zero-order valence-electron chi connectivity index (χ0n) is 7.40. The van der Waals surface area contributed by atoms with E-state index in [1.807, 2.05) is 6.07 Å². The maximum absolute atomic E-state index is 8.63. The van der Waals surface area contributed by atoms with Crippen LogP contribution in [0.3, 0.4) is 0 Å². The van der Waals surface area contributed by atoms with E-state index in [2.05, 4.69) is 4.74 Å². The molecule has 1 rings (SSSR count). The third-order valence-corrected chi connectivity index (χ3v) is 1.13.